The largest absolute Gasteiger partial charge is 0.280 e. The molecule has 1 heterocycles. The summed E-state index contributed by atoms with van der Waals surface area (Å²) in [6.45, 7) is 0. The van der Waals surface area contributed by atoms with Crippen LogP contribution in [0.2, 0.25) is 5.02 Å². The van der Waals surface area contributed by atoms with Crippen LogP contribution in [0, 0.1) is 5.82 Å². The lowest BCUT2D eigenvalue weighted by Crippen LogP contribution is -2.13. The van der Waals surface area contributed by atoms with Gasteiger partial charge in [-0.3, -0.25) is 9.40 Å². The molecule has 0 fully saturated rings. The predicted octanol–water partition coefficient (Wildman–Crippen LogP) is 4.44. The standard InChI is InChI=1S/C16H12BrClFN3O2S/c1-22-16(15(17)9-20-22)10-6-12(19)8-13(7-10)21-25(23,24)14-4-2-11(18)3-5-14/h2-9,21H,1H3. The van der Waals surface area contributed by atoms with Crippen molar-refractivity contribution in [3.05, 3.63) is 64.0 Å². The Kier molecular flexibility index (Phi) is 4.86. The van der Waals surface area contributed by atoms with E-state index in [1.807, 2.05) is 0 Å². The topological polar surface area (TPSA) is 64.0 Å². The zero-order valence-corrected chi connectivity index (χ0v) is 16.0. The highest BCUT2D eigenvalue weighted by molar-refractivity contribution is 9.10. The molecule has 0 atom stereocenters. The highest BCUT2D eigenvalue weighted by Crippen LogP contribution is 2.31. The molecule has 3 aromatic rings. The second-order valence-electron chi connectivity index (χ2n) is 5.25. The number of anilines is 1. The fourth-order valence-electron chi connectivity index (χ4n) is 2.35. The number of sulfonamides is 1. The Bertz CT molecular complexity index is 1020. The van der Waals surface area contributed by atoms with Crippen molar-refractivity contribution in [3.63, 3.8) is 0 Å². The van der Waals surface area contributed by atoms with E-state index in [1.165, 1.54) is 30.3 Å². The molecule has 0 spiro atoms. The van der Waals surface area contributed by atoms with Gasteiger partial charge in [0.1, 0.15) is 5.82 Å². The third kappa shape index (κ3) is 3.86. The van der Waals surface area contributed by atoms with E-state index in [2.05, 4.69) is 25.8 Å². The Morgan fingerprint density at radius 1 is 1.20 bits per heavy atom. The van der Waals surface area contributed by atoms with Gasteiger partial charge in [0.25, 0.3) is 10.0 Å². The number of aryl methyl sites for hydroxylation is 1. The van der Waals surface area contributed by atoms with Gasteiger partial charge in [0.15, 0.2) is 0 Å². The van der Waals surface area contributed by atoms with Gasteiger partial charge in [-0.1, -0.05) is 11.6 Å². The van der Waals surface area contributed by atoms with E-state index < -0.39 is 15.8 Å². The molecule has 9 heteroatoms. The van der Waals surface area contributed by atoms with Gasteiger partial charge in [0.05, 0.1) is 26.9 Å². The van der Waals surface area contributed by atoms with Crippen molar-refractivity contribution in [2.45, 2.75) is 4.90 Å². The van der Waals surface area contributed by atoms with Crippen molar-refractivity contribution in [2.24, 2.45) is 7.05 Å². The Morgan fingerprint density at radius 3 is 2.48 bits per heavy atom. The van der Waals surface area contributed by atoms with Gasteiger partial charge in [-0.2, -0.15) is 5.10 Å². The highest BCUT2D eigenvalue weighted by atomic mass is 79.9. The smallest absolute Gasteiger partial charge is 0.261 e. The van der Waals surface area contributed by atoms with Crippen molar-refractivity contribution >= 4 is 43.2 Å². The molecule has 0 radical (unpaired) electrons. The van der Waals surface area contributed by atoms with Gasteiger partial charge in [-0.15, -0.1) is 0 Å². The molecule has 0 aliphatic heterocycles. The van der Waals surface area contributed by atoms with Crippen molar-refractivity contribution in [3.8, 4) is 11.3 Å². The van der Waals surface area contributed by atoms with Gasteiger partial charge >= 0.3 is 0 Å². The minimum absolute atomic E-state index is 0.0319. The summed E-state index contributed by atoms with van der Waals surface area (Å²) in [7, 11) is -2.15. The Labute approximate surface area is 157 Å². The van der Waals surface area contributed by atoms with Crippen LogP contribution in [0.3, 0.4) is 0 Å². The Morgan fingerprint density at radius 2 is 1.88 bits per heavy atom. The first-order chi connectivity index (χ1) is 11.8. The number of nitrogens with zero attached hydrogens (tertiary/aromatic N) is 2. The number of benzene rings is 2. The van der Waals surface area contributed by atoms with Gasteiger partial charge in [0.2, 0.25) is 0 Å². The van der Waals surface area contributed by atoms with Crippen LogP contribution < -0.4 is 4.72 Å². The Hall–Kier alpha value is -1.90. The summed E-state index contributed by atoms with van der Waals surface area (Å²) >= 11 is 9.12. The van der Waals surface area contributed by atoms with Gasteiger partial charge in [0, 0.05) is 17.6 Å². The number of nitrogens with one attached hydrogen (secondary N) is 1. The quantitative estimate of drug-likeness (QED) is 0.647. The molecule has 0 aliphatic rings. The second-order valence-corrected chi connectivity index (χ2v) is 8.23. The van der Waals surface area contributed by atoms with E-state index in [0.29, 0.717) is 20.8 Å². The summed E-state index contributed by atoms with van der Waals surface area (Å²) < 4.78 is 43.5. The summed E-state index contributed by atoms with van der Waals surface area (Å²) in [5.41, 5.74) is 1.23. The van der Waals surface area contributed by atoms with Crippen LogP contribution in [-0.4, -0.2) is 18.2 Å². The monoisotopic (exact) mass is 443 g/mol. The van der Waals surface area contributed by atoms with E-state index in [0.717, 1.165) is 6.07 Å². The van der Waals surface area contributed by atoms with Crippen LogP contribution in [-0.2, 0) is 17.1 Å². The molecule has 1 aromatic heterocycles. The second kappa shape index (κ2) is 6.78. The molecule has 2 aromatic carbocycles. The molecule has 5 nitrogen and oxygen atoms in total. The van der Waals surface area contributed by atoms with Gasteiger partial charge in [-0.25, -0.2) is 12.8 Å². The number of aromatic nitrogens is 2. The molecular weight excluding hydrogens is 433 g/mol. The van der Waals surface area contributed by atoms with Crippen molar-refractivity contribution in [1.29, 1.82) is 0 Å². The zero-order valence-electron chi connectivity index (χ0n) is 12.9. The van der Waals surface area contributed by atoms with Crippen molar-refractivity contribution < 1.29 is 12.8 Å². The van der Waals surface area contributed by atoms with Crippen LogP contribution in [0.15, 0.2) is 58.0 Å². The number of rotatable bonds is 4. The van der Waals surface area contributed by atoms with E-state index in [9.17, 15) is 12.8 Å². The average Bonchev–Trinajstić information content (AvgIpc) is 2.85. The molecule has 0 amide bonds. The SMILES string of the molecule is Cn1ncc(Br)c1-c1cc(F)cc(NS(=O)(=O)c2ccc(Cl)cc2)c1. The van der Waals surface area contributed by atoms with E-state index in [-0.39, 0.29) is 10.6 Å². The van der Waals surface area contributed by atoms with Crippen LogP contribution in [0.5, 0.6) is 0 Å². The lowest BCUT2D eigenvalue weighted by molar-refractivity contribution is 0.601. The first kappa shape index (κ1) is 17.9. The summed E-state index contributed by atoms with van der Waals surface area (Å²) in [5.74, 6) is -0.570. The van der Waals surface area contributed by atoms with Crippen LogP contribution in [0.4, 0.5) is 10.1 Å². The average molecular weight is 445 g/mol. The third-order valence-corrected chi connectivity index (χ3v) is 5.67. The first-order valence-electron chi connectivity index (χ1n) is 7.03. The maximum absolute atomic E-state index is 14.0. The fourth-order valence-corrected chi connectivity index (χ4v) is 4.09. The van der Waals surface area contributed by atoms with E-state index in [4.69, 9.17) is 11.6 Å². The highest BCUT2D eigenvalue weighted by Gasteiger charge is 2.17. The lowest BCUT2D eigenvalue weighted by atomic mass is 10.1. The number of hydrogen-bond donors (Lipinski definition) is 1. The predicted molar refractivity (Wildman–Crippen MR) is 98.6 cm³/mol. The van der Waals surface area contributed by atoms with E-state index in [1.54, 1.807) is 24.0 Å². The van der Waals surface area contributed by atoms with E-state index >= 15 is 0 Å². The fraction of sp³-hybridized carbons (Fsp3) is 0.0625. The van der Waals surface area contributed by atoms with Crippen molar-refractivity contribution in [1.82, 2.24) is 9.78 Å². The summed E-state index contributed by atoms with van der Waals surface area (Å²) in [6.07, 6.45) is 1.58. The molecule has 1 N–H and O–H groups in total. The minimum atomic E-state index is -3.86. The van der Waals surface area contributed by atoms with Crippen LogP contribution >= 0.6 is 27.5 Å². The molecule has 0 saturated carbocycles. The van der Waals surface area contributed by atoms with Gasteiger partial charge in [-0.05, 0) is 58.4 Å². The molecule has 25 heavy (non-hydrogen) atoms. The first-order valence-corrected chi connectivity index (χ1v) is 9.68. The molecule has 0 saturated heterocycles. The van der Waals surface area contributed by atoms with Gasteiger partial charge < -0.3 is 0 Å². The lowest BCUT2D eigenvalue weighted by Gasteiger charge is -2.11. The summed E-state index contributed by atoms with van der Waals surface area (Å²) in [4.78, 5) is 0.0319. The maximum Gasteiger partial charge on any atom is 0.261 e. The number of halogens is 3. The van der Waals surface area contributed by atoms with Crippen molar-refractivity contribution in [2.75, 3.05) is 4.72 Å². The van der Waals surface area contributed by atoms with Crippen LogP contribution in [0.1, 0.15) is 0 Å². The van der Waals surface area contributed by atoms with Crippen LogP contribution in [0.25, 0.3) is 11.3 Å². The normalized spacial score (nSPS) is 11.5. The molecule has 0 bridgehead atoms. The molecule has 0 aliphatic carbocycles. The molecular formula is C16H12BrClFN3O2S. The third-order valence-electron chi connectivity index (χ3n) is 3.44. The summed E-state index contributed by atoms with van der Waals surface area (Å²) in [6, 6.07) is 9.66. The molecule has 0 unspecified atom stereocenters. The zero-order chi connectivity index (χ0) is 18.2. The number of hydrogen-bond acceptors (Lipinski definition) is 3. The maximum atomic E-state index is 14.0. The Balaban J connectivity index is 2.00. The summed E-state index contributed by atoms with van der Waals surface area (Å²) in [5, 5.41) is 4.50. The molecule has 3 rings (SSSR count). The minimum Gasteiger partial charge on any atom is -0.280 e. The molecule has 130 valence electrons.